The van der Waals surface area contributed by atoms with Gasteiger partial charge in [-0.15, -0.1) is 0 Å². The SMILES string of the molecule is [N-]=[N+]=NCCOCCOCCOCCNC(=O)c1ccc2c(c1)C(CO)c1cc(F)ccc1-2. The van der Waals surface area contributed by atoms with E-state index in [-0.39, 0.29) is 24.2 Å². The van der Waals surface area contributed by atoms with Gasteiger partial charge in [-0.25, -0.2) is 4.39 Å². The molecule has 1 aliphatic carbocycles. The number of fused-ring (bicyclic) bond motifs is 3. The molecule has 1 aliphatic rings. The molecule has 176 valence electrons. The lowest BCUT2D eigenvalue weighted by atomic mass is 9.96. The van der Waals surface area contributed by atoms with E-state index in [2.05, 4.69) is 15.3 Å². The first kappa shape index (κ1) is 24.6. The first-order valence-electron chi connectivity index (χ1n) is 10.7. The van der Waals surface area contributed by atoms with Gasteiger partial charge >= 0.3 is 0 Å². The number of aliphatic hydroxyl groups excluding tert-OH is 1. The van der Waals surface area contributed by atoms with Crippen LogP contribution in [-0.2, 0) is 14.2 Å². The predicted octanol–water partition coefficient (Wildman–Crippen LogP) is 3.02. The Morgan fingerprint density at radius 1 is 1.00 bits per heavy atom. The zero-order valence-electron chi connectivity index (χ0n) is 18.2. The number of hydrogen-bond acceptors (Lipinski definition) is 6. The topological polar surface area (TPSA) is 126 Å². The summed E-state index contributed by atoms with van der Waals surface area (Å²) in [5.74, 6) is -0.938. The number of carbonyl (C=O) groups excluding carboxylic acids is 1. The summed E-state index contributed by atoms with van der Waals surface area (Å²) in [6, 6.07) is 9.87. The van der Waals surface area contributed by atoms with E-state index in [9.17, 15) is 14.3 Å². The highest BCUT2D eigenvalue weighted by molar-refractivity contribution is 5.96. The molecular formula is C23H27FN4O5. The first-order valence-corrected chi connectivity index (χ1v) is 10.7. The number of carbonyl (C=O) groups is 1. The third-order valence-corrected chi connectivity index (χ3v) is 5.23. The highest BCUT2D eigenvalue weighted by atomic mass is 19.1. The van der Waals surface area contributed by atoms with Crippen molar-refractivity contribution in [2.45, 2.75) is 5.92 Å². The fourth-order valence-electron chi connectivity index (χ4n) is 3.70. The van der Waals surface area contributed by atoms with Gasteiger partial charge in [0.1, 0.15) is 5.82 Å². The first-order chi connectivity index (χ1) is 16.2. The number of azide groups is 1. The molecular weight excluding hydrogens is 431 g/mol. The Balaban J connectivity index is 1.35. The van der Waals surface area contributed by atoms with Crippen molar-refractivity contribution >= 4 is 5.91 Å². The molecule has 2 aromatic rings. The van der Waals surface area contributed by atoms with Crippen molar-refractivity contribution in [1.29, 1.82) is 0 Å². The predicted molar refractivity (Wildman–Crippen MR) is 120 cm³/mol. The number of amides is 1. The smallest absolute Gasteiger partial charge is 0.251 e. The lowest BCUT2D eigenvalue weighted by Crippen LogP contribution is -2.27. The molecule has 3 rings (SSSR count). The summed E-state index contributed by atoms with van der Waals surface area (Å²) in [5.41, 5.74) is 12.0. The van der Waals surface area contributed by atoms with E-state index in [1.165, 1.54) is 12.1 Å². The number of nitrogens with one attached hydrogen (secondary N) is 1. The van der Waals surface area contributed by atoms with Crippen LogP contribution in [0.25, 0.3) is 21.6 Å². The highest BCUT2D eigenvalue weighted by Crippen LogP contribution is 2.45. The Labute approximate surface area is 191 Å². The number of benzene rings is 2. The van der Waals surface area contributed by atoms with Crippen LogP contribution in [-0.4, -0.2) is 70.4 Å². The second kappa shape index (κ2) is 12.9. The van der Waals surface area contributed by atoms with Gasteiger partial charge in [0.2, 0.25) is 0 Å². The van der Waals surface area contributed by atoms with E-state index in [0.717, 1.165) is 22.3 Å². The molecule has 1 amide bonds. The fraction of sp³-hybridized carbons (Fsp3) is 0.435. The molecule has 1 atom stereocenters. The van der Waals surface area contributed by atoms with Gasteiger partial charge in [-0.2, -0.15) is 0 Å². The molecule has 2 aromatic carbocycles. The van der Waals surface area contributed by atoms with Gasteiger partial charge in [-0.3, -0.25) is 4.79 Å². The minimum Gasteiger partial charge on any atom is -0.395 e. The molecule has 0 aromatic heterocycles. The Hall–Kier alpha value is -3.01. The van der Waals surface area contributed by atoms with Crippen LogP contribution in [0.3, 0.4) is 0 Å². The summed E-state index contributed by atoms with van der Waals surface area (Å²) < 4.78 is 29.7. The lowest BCUT2D eigenvalue weighted by Gasteiger charge is -2.12. The van der Waals surface area contributed by atoms with Crippen LogP contribution in [0.4, 0.5) is 4.39 Å². The van der Waals surface area contributed by atoms with Crippen molar-refractivity contribution in [2.24, 2.45) is 5.11 Å². The maximum absolute atomic E-state index is 13.7. The van der Waals surface area contributed by atoms with Gasteiger partial charge in [0.05, 0.1) is 46.2 Å². The number of ether oxygens (including phenoxy) is 3. The average molecular weight is 458 g/mol. The van der Waals surface area contributed by atoms with Crippen molar-refractivity contribution in [1.82, 2.24) is 5.32 Å². The second-order valence-electron chi connectivity index (χ2n) is 7.32. The summed E-state index contributed by atoms with van der Waals surface area (Å²) >= 11 is 0. The van der Waals surface area contributed by atoms with Crippen molar-refractivity contribution in [3.05, 3.63) is 69.3 Å². The van der Waals surface area contributed by atoms with Gasteiger partial charge in [0.15, 0.2) is 0 Å². The average Bonchev–Trinajstić information content (AvgIpc) is 3.13. The van der Waals surface area contributed by atoms with Crippen LogP contribution >= 0.6 is 0 Å². The van der Waals surface area contributed by atoms with Crippen LogP contribution < -0.4 is 5.32 Å². The van der Waals surface area contributed by atoms with Gasteiger partial charge in [0, 0.05) is 29.5 Å². The third-order valence-electron chi connectivity index (χ3n) is 5.23. The number of aliphatic hydroxyl groups is 1. The Bertz CT molecular complexity index is 997. The van der Waals surface area contributed by atoms with Crippen molar-refractivity contribution in [2.75, 3.05) is 59.3 Å². The monoisotopic (exact) mass is 458 g/mol. The molecule has 33 heavy (non-hydrogen) atoms. The van der Waals surface area contributed by atoms with E-state index in [4.69, 9.17) is 19.7 Å². The van der Waals surface area contributed by atoms with E-state index >= 15 is 0 Å². The minimum absolute atomic E-state index is 0.160. The van der Waals surface area contributed by atoms with E-state index < -0.39 is 0 Å². The maximum atomic E-state index is 13.7. The summed E-state index contributed by atoms with van der Waals surface area (Å²) in [6.45, 7) is 2.80. The van der Waals surface area contributed by atoms with Crippen LogP contribution in [0.2, 0.25) is 0 Å². The Morgan fingerprint density at radius 3 is 2.33 bits per heavy atom. The maximum Gasteiger partial charge on any atom is 0.251 e. The quantitative estimate of drug-likeness (QED) is 0.195. The van der Waals surface area contributed by atoms with Gasteiger partial charge in [-0.1, -0.05) is 17.2 Å². The molecule has 0 aliphatic heterocycles. The third kappa shape index (κ3) is 6.74. The largest absolute Gasteiger partial charge is 0.395 e. The van der Waals surface area contributed by atoms with Gasteiger partial charge in [0.25, 0.3) is 5.91 Å². The molecule has 2 N–H and O–H groups in total. The highest BCUT2D eigenvalue weighted by Gasteiger charge is 2.29. The van der Waals surface area contributed by atoms with Crippen LogP contribution in [0.1, 0.15) is 27.4 Å². The summed E-state index contributed by atoms with van der Waals surface area (Å²) in [5, 5.41) is 16.0. The second-order valence-corrected chi connectivity index (χ2v) is 7.32. The molecule has 0 saturated heterocycles. The van der Waals surface area contributed by atoms with Crippen molar-refractivity contribution in [3.8, 4) is 11.1 Å². The Morgan fingerprint density at radius 2 is 1.64 bits per heavy atom. The van der Waals surface area contributed by atoms with Crippen LogP contribution in [0, 0.1) is 5.82 Å². The molecule has 0 saturated carbocycles. The zero-order chi connectivity index (χ0) is 23.5. The lowest BCUT2D eigenvalue weighted by molar-refractivity contribution is 0.0166. The van der Waals surface area contributed by atoms with Crippen LogP contribution in [0.5, 0.6) is 0 Å². The Kier molecular flexibility index (Phi) is 9.61. The molecule has 0 bridgehead atoms. The van der Waals surface area contributed by atoms with Gasteiger partial charge < -0.3 is 24.6 Å². The van der Waals surface area contributed by atoms with E-state index in [1.54, 1.807) is 18.2 Å². The molecule has 0 radical (unpaired) electrons. The molecule has 0 fully saturated rings. The summed E-state index contributed by atoms with van der Waals surface area (Å²) in [4.78, 5) is 15.1. The summed E-state index contributed by atoms with van der Waals surface area (Å²) in [7, 11) is 0. The zero-order valence-corrected chi connectivity index (χ0v) is 18.2. The molecule has 0 spiro atoms. The number of nitrogens with zero attached hydrogens (tertiary/aromatic N) is 3. The van der Waals surface area contributed by atoms with E-state index in [1.807, 2.05) is 6.07 Å². The van der Waals surface area contributed by atoms with Gasteiger partial charge in [-0.05, 0) is 52.1 Å². The molecule has 9 nitrogen and oxygen atoms in total. The summed E-state index contributed by atoms with van der Waals surface area (Å²) in [6.07, 6.45) is 0. The van der Waals surface area contributed by atoms with Crippen molar-refractivity contribution < 1.29 is 28.5 Å². The molecule has 10 heteroatoms. The number of rotatable bonds is 14. The molecule has 0 heterocycles. The fourth-order valence-corrected chi connectivity index (χ4v) is 3.70. The number of halogens is 1. The molecule has 1 unspecified atom stereocenters. The normalized spacial score (nSPS) is 13.8. The minimum atomic E-state index is -0.349. The van der Waals surface area contributed by atoms with Crippen LogP contribution in [0.15, 0.2) is 41.5 Å². The van der Waals surface area contributed by atoms with Crippen molar-refractivity contribution in [3.63, 3.8) is 0 Å². The number of hydrogen-bond donors (Lipinski definition) is 2. The standard InChI is InChI=1S/C23H27FN4O5/c24-17-2-4-19-18-3-1-16(13-20(18)22(15-29)21(19)14-17)23(30)26-5-7-31-9-11-33-12-10-32-8-6-27-28-25/h1-4,13-14,22,29H,5-12,15H2,(H,26,30). The van der Waals surface area contributed by atoms with E-state index in [0.29, 0.717) is 58.3 Å².